The Bertz CT molecular complexity index is 1260. The minimum Gasteiger partial charge on any atom is -0.355 e. The first kappa shape index (κ1) is 31.6. The van der Waals surface area contributed by atoms with E-state index in [1.54, 1.807) is 0 Å². The van der Waals surface area contributed by atoms with Crippen molar-refractivity contribution in [2.24, 2.45) is 0 Å². The maximum atomic E-state index is 4.86. The highest BCUT2D eigenvalue weighted by atomic mass is 14.8. The van der Waals surface area contributed by atoms with Gasteiger partial charge in [-0.2, -0.15) is 0 Å². The SMILES string of the molecule is CC.CC.CC.CCC.Cc1c2nc(c(C)c3ccc([nH]3)c(C)c3ccc([nH]3)c(C)c3nc1C=C3)C=C2. The van der Waals surface area contributed by atoms with Gasteiger partial charge in [-0.3, -0.25) is 0 Å². The van der Waals surface area contributed by atoms with Crippen molar-refractivity contribution in [3.8, 4) is 0 Å². The van der Waals surface area contributed by atoms with Gasteiger partial charge in [-0.1, -0.05) is 61.8 Å². The number of nitrogens with one attached hydrogen (secondary N) is 2. The molecular formula is C33H48N4. The summed E-state index contributed by atoms with van der Waals surface area (Å²) in [5, 5.41) is 0. The average molecular weight is 501 g/mol. The van der Waals surface area contributed by atoms with Gasteiger partial charge in [-0.05, 0) is 93.0 Å². The number of rotatable bonds is 0. The van der Waals surface area contributed by atoms with Crippen molar-refractivity contribution in [1.29, 1.82) is 0 Å². The van der Waals surface area contributed by atoms with E-state index in [0.717, 1.165) is 61.5 Å². The summed E-state index contributed by atoms with van der Waals surface area (Å²) in [4.78, 5) is 16.8. The van der Waals surface area contributed by atoms with Gasteiger partial charge in [0.25, 0.3) is 0 Å². The van der Waals surface area contributed by atoms with E-state index in [9.17, 15) is 0 Å². The standard InChI is InChI=1S/C24H22N4.C3H8.3C2H6/c1-13-17-5-7-19(25-17)14(2)21-9-11-23(27-21)16(4)24-12-10-22(28-24)15(3)20-8-6-18(13)26-20;1-3-2;3*1-2/h5-12,25-26H,1-4H3;3H2,1-2H3;3*1-2H3. The third-order valence-corrected chi connectivity index (χ3v) is 5.80. The van der Waals surface area contributed by atoms with Crippen molar-refractivity contribution >= 4 is 46.4 Å². The molecule has 0 fully saturated rings. The van der Waals surface area contributed by atoms with Crippen molar-refractivity contribution in [2.75, 3.05) is 0 Å². The number of aryl methyl sites for hydroxylation is 3. The lowest BCUT2D eigenvalue weighted by molar-refractivity contribution is 1.09. The van der Waals surface area contributed by atoms with Gasteiger partial charge >= 0.3 is 0 Å². The molecule has 0 saturated carbocycles. The smallest absolute Gasteiger partial charge is 0.0688 e. The summed E-state index contributed by atoms with van der Waals surface area (Å²) in [6.07, 6.45) is 9.58. The molecule has 200 valence electrons. The molecule has 0 spiro atoms. The lowest BCUT2D eigenvalue weighted by atomic mass is 10.2. The van der Waals surface area contributed by atoms with Gasteiger partial charge in [0.2, 0.25) is 0 Å². The molecule has 0 saturated heterocycles. The topological polar surface area (TPSA) is 57.4 Å². The molecule has 8 bridgehead atoms. The highest BCUT2D eigenvalue weighted by molar-refractivity contribution is 5.82. The molecule has 0 unspecified atom stereocenters. The first-order valence-electron chi connectivity index (χ1n) is 14.0. The van der Waals surface area contributed by atoms with Crippen LogP contribution in [0.25, 0.3) is 46.4 Å². The molecule has 4 heteroatoms. The van der Waals surface area contributed by atoms with Gasteiger partial charge in [-0.15, -0.1) is 0 Å². The van der Waals surface area contributed by atoms with Crippen molar-refractivity contribution in [2.45, 2.75) is 89.5 Å². The normalized spacial score (nSPS) is 10.6. The predicted molar refractivity (Wildman–Crippen MR) is 168 cm³/mol. The largest absolute Gasteiger partial charge is 0.355 e. The molecule has 4 nitrogen and oxygen atoms in total. The number of aromatic nitrogens is 4. The molecule has 3 aromatic rings. The van der Waals surface area contributed by atoms with E-state index in [1.165, 1.54) is 12.0 Å². The Balaban J connectivity index is 0.000000685. The van der Waals surface area contributed by atoms with Gasteiger partial charge in [0.1, 0.15) is 0 Å². The van der Waals surface area contributed by atoms with E-state index in [1.807, 2.05) is 41.5 Å². The molecule has 2 N–H and O–H groups in total. The lowest BCUT2D eigenvalue weighted by Gasteiger charge is -1.97. The van der Waals surface area contributed by atoms with Crippen LogP contribution in [-0.4, -0.2) is 19.9 Å². The van der Waals surface area contributed by atoms with E-state index in [-0.39, 0.29) is 0 Å². The minimum atomic E-state index is 0.973. The van der Waals surface area contributed by atoms with E-state index in [2.05, 4.69) is 100 Å². The van der Waals surface area contributed by atoms with Crippen LogP contribution in [-0.2, 0) is 0 Å². The average Bonchev–Trinajstić information content (AvgIpc) is 3.76. The van der Waals surface area contributed by atoms with Crippen LogP contribution < -0.4 is 0 Å². The summed E-state index contributed by atoms with van der Waals surface area (Å²) < 4.78 is 0. The monoisotopic (exact) mass is 500 g/mol. The van der Waals surface area contributed by atoms with Crippen LogP contribution >= 0.6 is 0 Å². The molecule has 5 heterocycles. The van der Waals surface area contributed by atoms with E-state index < -0.39 is 0 Å². The molecule has 0 radical (unpaired) electrons. The van der Waals surface area contributed by atoms with Crippen molar-refractivity contribution in [3.05, 3.63) is 69.3 Å². The van der Waals surface area contributed by atoms with Gasteiger partial charge in [0.15, 0.2) is 0 Å². The molecule has 5 rings (SSSR count). The summed E-state index contributed by atoms with van der Waals surface area (Å²) >= 11 is 0. The van der Waals surface area contributed by atoms with Gasteiger partial charge in [0.05, 0.1) is 22.8 Å². The van der Waals surface area contributed by atoms with Crippen LogP contribution in [0, 0.1) is 27.7 Å². The Morgan fingerprint density at radius 3 is 1.00 bits per heavy atom. The first-order chi connectivity index (χ1) is 17.9. The van der Waals surface area contributed by atoms with E-state index in [4.69, 9.17) is 9.97 Å². The Labute approximate surface area is 225 Å². The summed E-state index contributed by atoms with van der Waals surface area (Å²) in [6, 6.07) is 8.52. The molecular weight excluding hydrogens is 452 g/mol. The van der Waals surface area contributed by atoms with E-state index in [0.29, 0.717) is 0 Å². The fourth-order valence-electron chi connectivity index (χ4n) is 3.78. The zero-order chi connectivity index (χ0) is 28.1. The van der Waals surface area contributed by atoms with Crippen molar-refractivity contribution < 1.29 is 0 Å². The lowest BCUT2D eigenvalue weighted by Crippen LogP contribution is -1.88. The highest BCUT2D eigenvalue weighted by Crippen LogP contribution is 2.25. The number of aromatic amines is 2. The Hall–Kier alpha value is -3.40. The zero-order valence-electron chi connectivity index (χ0n) is 25.2. The van der Waals surface area contributed by atoms with Crippen molar-refractivity contribution in [1.82, 2.24) is 19.9 Å². The summed E-state index contributed by atoms with van der Waals surface area (Å²) in [6.45, 7) is 24.7. The van der Waals surface area contributed by atoms with Crippen LogP contribution in [0.15, 0.2) is 24.3 Å². The maximum Gasteiger partial charge on any atom is 0.0688 e. The molecule has 0 aromatic carbocycles. The molecule has 2 aliphatic rings. The number of fused-ring (bicyclic) bond motifs is 8. The molecule has 0 atom stereocenters. The summed E-state index contributed by atoms with van der Waals surface area (Å²) in [7, 11) is 0. The zero-order valence-corrected chi connectivity index (χ0v) is 25.2. The molecule has 2 aliphatic heterocycles. The van der Waals surface area contributed by atoms with Crippen LogP contribution in [0.5, 0.6) is 0 Å². The van der Waals surface area contributed by atoms with Crippen molar-refractivity contribution in [3.63, 3.8) is 0 Å². The van der Waals surface area contributed by atoms with Crippen LogP contribution in [0.2, 0.25) is 0 Å². The number of hydrogen-bond donors (Lipinski definition) is 2. The molecule has 0 aliphatic carbocycles. The second kappa shape index (κ2) is 15.7. The van der Waals surface area contributed by atoms with Gasteiger partial charge in [0, 0.05) is 27.6 Å². The highest BCUT2D eigenvalue weighted by Gasteiger charge is 2.11. The van der Waals surface area contributed by atoms with Crippen LogP contribution in [0.4, 0.5) is 0 Å². The Morgan fingerprint density at radius 2 is 0.703 bits per heavy atom. The molecule has 37 heavy (non-hydrogen) atoms. The Morgan fingerprint density at radius 1 is 0.459 bits per heavy atom. The summed E-state index contributed by atoms with van der Waals surface area (Å²) in [5.74, 6) is 0. The Kier molecular flexibility index (Phi) is 13.4. The predicted octanol–water partition coefficient (Wildman–Crippen LogP) is 10.4. The summed E-state index contributed by atoms with van der Waals surface area (Å²) in [5.41, 5.74) is 12.9. The number of H-pyrrole nitrogens is 2. The number of nitrogens with zero attached hydrogens (tertiary/aromatic N) is 2. The fraction of sp³-hybridized carbons (Fsp3) is 0.394. The van der Waals surface area contributed by atoms with E-state index >= 15 is 0 Å². The molecule has 0 amide bonds. The van der Waals surface area contributed by atoms with Gasteiger partial charge in [-0.25, -0.2) is 9.97 Å². The second-order valence-corrected chi connectivity index (χ2v) is 8.21. The first-order valence-corrected chi connectivity index (χ1v) is 14.0. The molecule has 3 aromatic heterocycles. The maximum absolute atomic E-state index is 4.86. The third kappa shape index (κ3) is 7.31. The quantitative estimate of drug-likeness (QED) is 0.222. The fourth-order valence-corrected chi connectivity index (χ4v) is 3.78. The third-order valence-electron chi connectivity index (χ3n) is 5.80. The van der Waals surface area contributed by atoms with Gasteiger partial charge < -0.3 is 9.97 Å². The van der Waals surface area contributed by atoms with Crippen LogP contribution in [0.1, 0.15) is 107 Å². The second-order valence-electron chi connectivity index (χ2n) is 8.21. The van der Waals surface area contributed by atoms with Crippen LogP contribution in [0.3, 0.4) is 0 Å². The minimum absolute atomic E-state index is 0.973. The number of hydrogen-bond acceptors (Lipinski definition) is 2.